The Morgan fingerprint density at radius 1 is 1.32 bits per heavy atom. The van der Waals surface area contributed by atoms with Crippen LogP contribution in [-0.4, -0.2) is 31.7 Å². The number of thiophene rings is 1. The van der Waals surface area contributed by atoms with Gasteiger partial charge in [-0.3, -0.25) is 4.79 Å². The highest BCUT2D eigenvalue weighted by Crippen LogP contribution is 2.36. The first-order valence-electron chi connectivity index (χ1n) is 7.82. The third-order valence-corrected chi connectivity index (χ3v) is 6.59. The van der Waals surface area contributed by atoms with Gasteiger partial charge in [-0.05, 0) is 29.6 Å². The highest BCUT2D eigenvalue weighted by molar-refractivity contribution is 7.89. The summed E-state index contributed by atoms with van der Waals surface area (Å²) >= 11 is 6.96. The van der Waals surface area contributed by atoms with E-state index in [4.69, 9.17) is 11.6 Å². The zero-order valence-electron chi connectivity index (χ0n) is 14.4. The topological polar surface area (TPSA) is 66.5 Å². The maximum atomic E-state index is 13.0. The molecule has 152 valence electrons. The molecular weight excluding hydrogens is 437 g/mol. The number of amides is 1. The van der Waals surface area contributed by atoms with E-state index in [1.807, 2.05) is 5.38 Å². The van der Waals surface area contributed by atoms with Crippen LogP contribution < -0.4 is 5.32 Å². The van der Waals surface area contributed by atoms with Crippen molar-refractivity contribution in [2.75, 3.05) is 13.1 Å². The zero-order chi connectivity index (χ0) is 20.9. The van der Waals surface area contributed by atoms with Crippen LogP contribution in [0.4, 0.5) is 13.2 Å². The molecule has 2 aromatic rings. The summed E-state index contributed by atoms with van der Waals surface area (Å²) in [7, 11) is -4.38. The van der Waals surface area contributed by atoms with E-state index >= 15 is 0 Å². The third-order valence-electron chi connectivity index (χ3n) is 3.57. The number of sulfonamides is 1. The molecule has 1 N–H and O–H groups in total. The molecular formula is C17H16ClF3N2O3S2. The van der Waals surface area contributed by atoms with Crippen LogP contribution in [0.3, 0.4) is 0 Å². The van der Waals surface area contributed by atoms with Gasteiger partial charge in [-0.1, -0.05) is 23.7 Å². The van der Waals surface area contributed by atoms with E-state index in [2.05, 4.69) is 11.9 Å². The standard InChI is InChI=1S/C17H16ClF3N2O3S2/c1-2-7-23(11-16(24)22-10-12-4-3-8-27-12)28(25,26)13-5-6-15(18)14(9-13)17(19,20)21/h2-6,8-9H,1,7,10-11H2,(H,22,24). The molecule has 0 atom stereocenters. The van der Waals surface area contributed by atoms with Crippen molar-refractivity contribution in [1.82, 2.24) is 9.62 Å². The largest absolute Gasteiger partial charge is 0.417 e. The van der Waals surface area contributed by atoms with Crippen molar-refractivity contribution < 1.29 is 26.4 Å². The lowest BCUT2D eigenvalue weighted by atomic mass is 10.2. The number of hydrogen-bond donors (Lipinski definition) is 1. The van der Waals surface area contributed by atoms with E-state index in [1.165, 1.54) is 17.4 Å². The molecule has 0 fully saturated rings. The van der Waals surface area contributed by atoms with Crippen LogP contribution in [0.2, 0.25) is 5.02 Å². The summed E-state index contributed by atoms with van der Waals surface area (Å²) < 4.78 is 65.4. The van der Waals surface area contributed by atoms with E-state index in [0.29, 0.717) is 6.07 Å². The summed E-state index contributed by atoms with van der Waals surface area (Å²) in [5.41, 5.74) is -1.27. The lowest BCUT2D eigenvalue weighted by Gasteiger charge is -2.21. The van der Waals surface area contributed by atoms with Crippen molar-refractivity contribution in [3.05, 3.63) is 63.8 Å². The van der Waals surface area contributed by atoms with Crippen molar-refractivity contribution in [2.45, 2.75) is 17.6 Å². The minimum absolute atomic E-state index is 0.220. The molecule has 1 aromatic heterocycles. The Kier molecular flexibility index (Phi) is 7.27. The number of nitrogens with one attached hydrogen (secondary N) is 1. The molecule has 0 spiro atoms. The quantitative estimate of drug-likeness (QED) is 0.617. The van der Waals surface area contributed by atoms with Crippen LogP contribution >= 0.6 is 22.9 Å². The average Bonchev–Trinajstić information content (AvgIpc) is 3.12. The summed E-state index contributed by atoms with van der Waals surface area (Å²) in [5.74, 6) is -0.594. The van der Waals surface area contributed by atoms with Gasteiger partial charge in [0, 0.05) is 11.4 Å². The molecule has 2 rings (SSSR count). The van der Waals surface area contributed by atoms with Gasteiger partial charge in [-0.15, -0.1) is 17.9 Å². The summed E-state index contributed by atoms with van der Waals surface area (Å²) in [4.78, 5) is 12.4. The van der Waals surface area contributed by atoms with Gasteiger partial charge >= 0.3 is 6.18 Å². The van der Waals surface area contributed by atoms with E-state index in [-0.39, 0.29) is 13.1 Å². The molecule has 0 radical (unpaired) electrons. The first-order valence-corrected chi connectivity index (χ1v) is 10.5. The minimum Gasteiger partial charge on any atom is -0.350 e. The molecule has 0 aliphatic heterocycles. The molecule has 1 heterocycles. The normalized spacial score (nSPS) is 12.2. The highest BCUT2D eigenvalue weighted by Gasteiger charge is 2.35. The Morgan fingerprint density at radius 2 is 2.04 bits per heavy atom. The average molecular weight is 453 g/mol. The molecule has 1 amide bonds. The molecule has 11 heteroatoms. The lowest BCUT2D eigenvalue weighted by Crippen LogP contribution is -2.40. The number of benzene rings is 1. The van der Waals surface area contributed by atoms with Gasteiger partial charge in [0.2, 0.25) is 15.9 Å². The second-order valence-corrected chi connectivity index (χ2v) is 8.96. The summed E-state index contributed by atoms with van der Waals surface area (Å²) in [6, 6.07) is 5.89. The fraction of sp³-hybridized carbons (Fsp3) is 0.235. The molecule has 0 saturated heterocycles. The van der Waals surface area contributed by atoms with E-state index in [0.717, 1.165) is 21.3 Å². The van der Waals surface area contributed by atoms with Crippen LogP contribution in [-0.2, 0) is 27.5 Å². The van der Waals surface area contributed by atoms with Gasteiger partial charge in [0.05, 0.1) is 28.6 Å². The van der Waals surface area contributed by atoms with Crippen molar-refractivity contribution in [1.29, 1.82) is 0 Å². The number of nitrogens with zero attached hydrogens (tertiary/aromatic N) is 1. The number of hydrogen-bond acceptors (Lipinski definition) is 4. The molecule has 0 aliphatic rings. The molecule has 1 aromatic carbocycles. The number of halogens is 4. The van der Waals surface area contributed by atoms with Crippen molar-refractivity contribution in [3.63, 3.8) is 0 Å². The van der Waals surface area contributed by atoms with Crippen LogP contribution in [0.15, 0.2) is 53.3 Å². The SMILES string of the molecule is C=CCN(CC(=O)NCc1cccs1)S(=O)(=O)c1ccc(Cl)c(C(F)(F)F)c1. The van der Waals surface area contributed by atoms with Crippen molar-refractivity contribution >= 4 is 38.9 Å². The molecule has 5 nitrogen and oxygen atoms in total. The number of carbonyl (C=O) groups excluding carboxylic acids is 1. The zero-order valence-corrected chi connectivity index (χ0v) is 16.8. The second-order valence-electron chi connectivity index (χ2n) is 5.58. The van der Waals surface area contributed by atoms with Crippen LogP contribution in [0, 0.1) is 0 Å². The number of rotatable bonds is 8. The molecule has 0 unspecified atom stereocenters. The fourth-order valence-corrected chi connectivity index (χ4v) is 4.50. The predicted molar refractivity (Wildman–Crippen MR) is 102 cm³/mol. The lowest BCUT2D eigenvalue weighted by molar-refractivity contribution is -0.137. The molecule has 28 heavy (non-hydrogen) atoms. The van der Waals surface area contributed by atoms with Gasteiger partial charge in [0.15, 0.2) is 0 Å². The Hall–Kier alpha value is -1.88. The Morgan fingerprint density at radius 3 is 2.61 bits per heavy atom. The van der Waals surface area contributed by atoms with Crippen LogP contribution in [0.25, 0.3) is 0 Å². The molecule has 0 bridgehead atoms. The summed E-state index contributed by atoms with van der Waals surface area (Å²) in [6.45, 7) is 2.84. The van der Waals surface area contributed by atoms with E-state index in [1.54, 1.807) is 12.1 Å². The Balaban J connectivity index is 2.23. The first kappa shape index (κ1) is 22.4. The maximum Gasteiger partial charge on any atom is 0.417 e. The number of carbonyl (C=O) groups is 1. The molecule has 0 aliphatic carbocycles. The van der Waals surface area contributed by atoms with Crippen molar-refractivity contribution in [3.8, 4) is 0 Å². The van der Waals surface area contributed by atoms with Gasteiger partial charge in [0.25, 0.3) is 0 Å². The van der Waals surface area contributed by atoms with Gasteiger partial charge in [-0.25, -0.2) is 8.42 Å². The maximum absolute atomic E-state index is 13.0. The Labute approximate surface area is 169 Å². The monoisotopic (exact) mass is 452 g/mol. The third kappa shape index (κ3) is 5.57. The van der Waals surface area contributed by atoms with E-state index < -0.39 is 44.1 Å². The molecule has 0 saturated carbocycles. The van der Waals surface area contributed by atoms with Gasteiger partial charge in [-0.2, -0.15) is 17.5 Å². The minimum atomic E-state index is -4.82. The second kappa shape index (κ2) is 9.08. The first-order chi connectivity index (χ1) is 13.1. The smallest absolute Gasteiger partial charge is 0.350 e. The predicted octanol–water partition coefficient (Wildman–Crippen LogP) is 3.91. The van der Waals surface area contributed by atoms with Crippen LogP contribution in [0.1, 0.15) is 10.4 Å². The van der Waals surface area contributed by atoms with E-state index in [9.17, 15) is 26.4 Å². The fourth-order valence-electron chi connectivity index (χ4n) is 2.24. The Bertz CT molecular complexity index is 945. The number of alkyl halides is 3. The van der Waals surface area contributed by atoms with Crippen LogP contribution in [0.5, 0.6) is 0 Å². The van der Waals surface area contributed by atoms with Gasteiger partial charge in [0.1, 0.15) is 0 Å². The summed E-state index contributed by atoms with van der Waals surface area (Å²) in [6.07, 6.45) is -3.57. The van der Waals surface area contributed by atoms with Gasteiger partial charge < -0.3 is 5.32 Å². The van der Waals surface area contributed by atoms with Crippen molar-refractivity contribution in [2.24, 2.45) is 0 Å². The highest BCUT2D eigenvalue weighted by atomic mass is 35.5. The summed E-state index contributed by atoms with van der Waals surface area (Å²) in [5, 5.41) is 3.78.